The fourth-order valence-electron chi connectivity index (χ4n) is 2.26. The van der Waals surface area contributed by atoms with Crippen molar-refractivity contribution in [2.75, 3.05) is 62.5 Å². The quantitative estimate of drug-likeness (QED) is 0.748. The van der Waals surface area contributed by atoms with Crippen LogP contribution in [-0.4, -0.2) is 70.1 Å². The second kappa shape index (κ2) is 7.15. The van der Waals surface area contributed by atoms with Crippen LogP contribution in [0.15, 0.2) is 12.1 Å². The van der Waals surface area contributed by atoms with E-state index in [1.54, 1.807) is 6.07 Å². The summed E-state index contributed by atoms with van der Waals surface area (Å²) in [4.78, 5) is 8.94. The number of nitrogen functional groups attached to an aromatic ring is 1. The summed E-state index contributed by atoms with van der Waals surface area (Å²) in [5.74, 6) is 1.33. The van der Waals surface area contributed by atoms with E-state index < -0.39 is 9.84 Å². The molecular weight excluding hydrogens is 304 g/mol. The molecule has 1 aromatic heterocycles. The maximum atomic E-state index is 11.1. The Labute approximate surface area is 132 Å². The topological polar surface area (TPSA) is 88.8 Å². The van der Waals surface area contributed by atoms with Gasteiger partial charge in [0.1, 0.15) is 15.7 Å². The van der Waals surface area contributed by atoms with E-state index in [4.69, 9.17) is 10.5 Å². The van der Waals surface area contributed by atoms with Gasteiger partial charge in [0.05, 0.1) is 18.0 Å². The molecule has 1 aliphatic rings. The maximum Gasteiger partial charge on any atom is 0.239 e. The number of anilines is 2. The molecule has 1 aromatic rings. The molecule has 1 aliphatic heterocycles. The molecule has 0 saturated carbocycles. The Balaban J connectivity index is 1.95. The van der Waals surface area contributed by atoms with Crippen LogP contribution in [0.4, 0.5) is 11.5 Å². The summed E-state index contributed by atoms with van der Waals surface area (Å²) >= 11 is 0. The molecule has 0 spiro atoms. The van der Waals surface area contributed by atoms with Crippen molar-refractivity contribution in [2.24, 2.45) is 0 Å². The van der Waals surface area contributed by atoms with E-state index in [0.29, 0.717) is 18.0 Å². The number of ether oxygens (including phenoxy) is 1. The first-order valence-corrected chi connectivity index (χ1v) is 9.42. The number of hydrogen-bond donors (Lipinski definition) is 1. The van der Waals surface area contributed by atoms with Gasteiger partial charge < -0.3 is 20.3 Å². The minimum atomic E-state index is -2.96. The van der Waals surface area contributed by atoms with Crippen molar-refractivity contribution >= 4 is 21.3 Å². The Bertz CT molecular complexity index is 598. The van der Waals surface area contributed by atoms with Crippen molar-refractivity contribution in [1.82, 2.24) is 9.88 Å². The van der Waals surface area contributed by atoms with Crippen LogP contribution in [-0.2, 0) is 9.84 Å². The van der Waals surface area contributed by atoms with Crippen LogP contribution in [0, 0.1) is 0 Å². The molecule has 2 heterocycles. The van der Waals surface area contributed by atoms with Crippen LogP contribution in [0.2, 0.25) is 0 Å². The summed E-state index contributed by atoms with van der Waals surface area (Å²) in [5.41, 5.74) is 6.35. The number of aromatic nitrogens is 1. The molecule has 22 heavy (non-hydrogen) atoms. The van der Waals surface area contributed by atoms with E-state index >= 15 is 0 Å². The fourth-order valence-corrected chi connectivity index (χ4v) is 2.90. The lowest BCUT2D eigenvalue weighted by Crippen LogP contribution is -2.44. The first-order chi connectivity index (χ1) is 10.3. The molecular formula is C14H24N4O3S. The van der Waals surface area contributed by atoms with Gasteiger partial charge in [0.2, 0.25) is 5.88 Å². The second-order valence-electron chi connectivity index (χ2n) is 5.69. The molecule has 1 saturated heterocycles. The summed E-state index contributed by atoms with van der Waals surface area (Å²) in [7, 11) is -0.862. The smallest absolute Gasteiger partial charge is 0.239 e. The lowest BCUT2D eigenvalue weighted by Gasteiger charge is -2.33. The van der Waals surface area contributed by atoms with E-state index in [1.165, 1.54) is 6.26 Å². The van der Waals surface area contributed by atoms with Crippen molar-refractivity contribution in [2.45, 2.75) is 6.42 Å². The van der Waals surface area contributed by atoms with Gasteiger partial charge in [-0.3, -0.25) is 0 Å². The molecule has 1 fully saturated rings. The molecule has 0 unspecified atom stereocenters. The van der Waals surface area contributed by atoms with Gasteiger partial charge in [-0.15, -0.1) is 0 Å². The minimum Gasteiger partial charge on any atom is -0.476 e. The van der Waals surface area contributed by atoms with Crippen molar-refractivity contribution < 1.29 is 13.2 Å². The standard InChI is InChI=1S/C14H24N4O3S/c1-17-6-8-18(9-7-17)13-5-4-12(15)14(16-13)21-10-3-11-22(2,19)20/h4-5H,3,6-11,15H2,1-2H3. The molecule has 0 bridgehead atoms. The zero-order valence-corrected chi connectivity index (χ0v) is 14.0. The van der Waals surface area contributed by atoms with Crippen LogP contribution < -0.4 is 15.4 Å². The SMILES string of the molecule is CN1CCN(c2ccc(N)c(OCCCS(C)(=O)=O)n2)CC1. The third kappa shape index (κ3) is 5.03. The predicted octanol–water partition coefficient (Wildman–Crippen LogP) is 0.229. The van der Waals surface area contributed by atoms with Gasteiger partial charge in [-0.1, -0.05) is 0 Å². The summed E-state index contributed by atoms with van der Waals surface area (Å²) in [6, 6.07) is 3.68. The van der Waals surface area contributed by atoms with Gasteiger partial charge in [0.15, 0.2) is 0 Å². The van der Waals surface area contributed by atoms with Gasteiger partial charge in [-0.05, 0) is 25.6 Å². The maximum absolute atomic E-state index is 11.1. The van der Waals surface area contributed by atoms with Crippen molar-refractivity contribution in [3.8, 4) is 5.88 Å². The number of piperazine rings is 1. The Morgan fingerprint density at radius 3 is 2.59 bits per heavy atom. The molecule has 0 aromatic carbocycles. The Morgan fingerprint density at radius 2 is 1.95 bits per heavy atom. The third-order valence-electron chi connectivity index (χ3n) is 3.60. The van der Waals surface area contributed by atoms with Gasteiger partial charge in [-0.2, -0.15) is 4.98 Å². The van der Waals surface area contributed by atoms with Crippen LogP contribution in [0.5, 0.6) is 5.88 Å². The van der Waals surface area contributed by atoms with Gasteiger partial charge >= 0.3 is 0 Å². The highest BCUT2D eigenvalue weighted by Gasteiger charge is 2.16. The first-order valence-electron chi connectivity index (χ1n) is 7.36. The first kappa shape index (κ1) is 16.8. The van der Waals surface area contributed by atoms with Crippen LogP contribution in [0.3, 0.4) is 0 Å². The zero-order valence-electron chi connectivity index (χ0n) is 13.2. The number of nitrogens with two attached hydrogens (primary N) is 1. The predicted molar refractivity (Wildman–Crippen MR) is 88.2 cm³/mol. The zero-order chi connectivity index (χ0) is 16.2. The Kier molecular flexibility index (Phi) is 5.47. The fraction of sp³-hybridized carbons (Fsp3) is 0.643. The molecule has 2 rings (SSSR count). The average molecular weight is 328 g/mol. The average Bonchev–Trinajstić information content (AvgIpc) is 2.45. The highest BCUT2D eigenvalue weighted by Crippen LogP contribution is 2.24. The third-order valence-corrected chi connectivity index (χ3v) is 4.63. The molecule has 0 radical (unpaired) electrons. The van der Waals surface area contributed by atoms with Crippen molar-refractivity contribution in [1.29, 1.82) is 0 Å². The van der Waals surface area contributed by atoms with E-state index in [1.807, 2.05) is 6.07 Å². The molecule has 2 N–H and O–H groups in total. The molecule has 7 nitrogen and oxygen atoms in total. The Morgan fingerprint density at radius 1 is 1.27 bits per heavy atom. The van der Waals surface area contributed by atoms with E-state index in [9.17, 15) is 8.42 Å². The molecule has 0 atom stereocenters. The Hall–Kier alpha value is -1.54. The van der Waals surface area contributed by atoms with Gasteiger partial charge in [-0.25, -0.2) is 8.42 Å². The number of nitrogens with zero attached hydrogens (tertiary/aromatic N) is 3. The summed E-state index contributed by atoms with van der Waals surface area (Å²) < 4.78 is 27.7. The number of rotatable bonds is 6. The van der Waals surface area contributed by atoms with Gasteiger partial charge in [0, 0.05) is 32.4 Å². The highest BCUT2D eigenvalue weighted by molar-refractivity contribution is 7.90. The highest BCUT2D eigenvalue weighted by atomic mass is 32.2. The summed E-state index contributed by atoms with van der Waals surface area (Å²) in [5, 5.41) is 0. The lowest BCUT2D eigenvalue weighted by molar-refractivity contribution is 0.302. The summed E-state index contributed by atoms with van der Waals surface area (Å²) in [6.45, 7) is 4.12. The second-order valence-corrected chi connectivity index (χ2v) is 7.95. The number of sulfone groups is 1. The lowest BCUT2D eigenvalue weighted by atomic mass is 10.3. The van der Waals surface area contributed by atoms with Crippen LogP contribution >= 0.6 is 0 Å². The van der Waals surface area contributed by atoms with E-state index in [2.05, 4.69) is 21.8 Å². The van der Waals surface area contributed by atoms with Crippen LogP contribution in [0.1, 0.15) is 6.42 Å². The number of pyridine rings is 1. The number of hydrogen-bond acceptors (Lipinski definition) is 7. The van der Waals surface area contributed by atoms with Gasteiger partial charge in [0.25, 0.3) is 0 Å². The molecule has 124 valence electrons. The largest absolute Gasteiger partial charge is 0.476 e. The van der Waals surface area contributed by atoms with E-state index in [0.717, 1.165) is 32.0 Å². The normalized spacial score (nSPS) is 16.7. The monoisotopic (exact) mass is 328 g/mol. The number of likely N-dealkylation sites (N-methyl/N-ethyl adjacent to an activating group) is 1. The molecule has 0 aliphatic carbocycles. The molecule has 8 heteroatoms. The van der Waals surface area contributed by atoms with Crippen LogP contribution in [0.25, 0.3) is 0 Å². The summed E-state index contributed by atoms with van der Waals surface area (Å²) in [6.07, 6.45) is 1.65. The molecule has 0 amide bonds. The van der Waals surface area contributed by atoms with Crippen molar-refractivity contribution in [3.63, 3.8) is 0 Å². The van der Waals surface area contributed by atoms with Crippen molar-refractivity contribution in [3.05, 3.63) is 12.1 Å². The van der Waals surface area contributed by atoms with E-state index in [-0.39, 0.29) is 12.4 Å². The minimum absolute atomic E-state index is 0.102.